The van der Waals surface area contributed by atoms with E-state index in [0.717, 1.165) is 5.52 Å². The van der Waals surface area contributed by atoms with Crippen molar-refractivity contribution in [2.24, 2.45) is 7.05 Å². The molecule has 0 radical (unpaired) electrons. The fourth-order valence-electron chi connectivity index (χ4n) is 1.52. The molecule has 1 heterocycles. The van der Waals surface area contributed by atoms with Crippen molar-refractivity contribution in [2.45, 2.75) is 0 Å². The van der Waals surface area contributed by atoms with Crippen molar-refractivity contribution in [1.82, 2.24) is 4.57 Å². The first-order valence-corrected chi connectivity index (χ1v) is 4.42. The molecule has 0 aliphatic heterocycles. The van der Waals surface area contributed by atoms with Gasteiger partial charge in [-0.15, -0.1) is 4.68 Å². The van der Waals surface area contributed by atoms with Crippen LogP contribution in [0, 0.1) is 0 Å². The minimum absolute atomic E-state index is 0.0205. The Hall–Kier alpha value is -1.84. The van der Waals surface area contributed by atoms with Crippen LogP contribution >= 0.6 is 0 Å². The first-order chi connectivity index (χ1) is 6.74. The molecule has 4 heteroatoms. The number of rotatable bonds is 1. The molecule has 0 spiro atoms. The molecule has 0 saturated carbocycles. The Morgan fingerprint density at radius 1 is 1.36 bits per heavy atom. The number of aryl methyl sites for hydroxylation is 1. The average molecular weight is 190 g/mol. The van der Waals surface area contributed by atoms with Gasteiger partial charge >= 0.3 is 5.56 Å². The fourth-order valence-corrected chi connectivity index (χ4v) is 1.52. The molecule has 72 valence electrons. The summed E-state index contributed by atoms with van der Waals surface area (Å²) in [4.78, 5) is 11.7. The molecule has 0 aliphatic carbocycles. The normalized spacial score (nSPS) is 10.4. The van der Waals surface area contributed by atoms with Crippen LogP contribution in [0.2, 0.25) is 0 Å². The van der Waals surface area contributed by atoms with Gasteiger partial charge in [0.05, 0.1) is 7.05 Å². The van der Waals surface area contributed by atoms with Crippen LogP contribution in [-0.4, -0.2) is 11.6 Å². The summed E-state index contributed by atoms with van der Waals surface area (Å²) in [7, 11) is 3.56. The van der Waals surface area contributed by atoms with E-state index >= 15 is 0 Å². The molecule has 1 aromatic carbocycles. The van der Waals surface area contributed by atoms with Gasteiger partial charge in [-0.3, -0.25) is 5.43 Å². The maximum atomic E-state index is 11.7. The van der Waals surface area contributed by atoms with E-state index in [0.29, 0.717) is 5.39 Å². The zero-order valence-electron chi connectivity index (χ0n) is 8.19. The van der Waals surface area contributed by atoms with Crippen molar-refractivity contribution in [3.05, 3.63) is 40.9 Å². The fraction of sp³-hybridized carbons (Fsp3) is 0.200. The molecule has 1 N–H and O–H groups in total. The van der Waals surface area contributed by atoms with Crippen LogP contribution in [0.1, 0.15) is 0 Å². The first-order valence-electron chi connectivity index (χ1n) is 4.42. The van der Waals surface area contributed by atoms with Crippen molar-refractivity contribution >= 4 is 10.9 Å². The Labute approximate surface area is 81.4 Å². The van der Waals surface area contributed by atoms with Crippen molar-refractivity contribution in [2.75, 3.05) is 12.5 Å². The number of nitrogens with one attached hydrogen (secondary N) is 1. The summed E-state index contributed by atoms with van der Waals surface area (Å²) < 4.78 is 3.37. The first kappa shape index (κ1) is 8.74. The largest absolute Gasteiger partial charge is 0.344 e. The van der Waals surface area contributed by atoms with Gasteiger partial charge in [0.15, 0.2) is 5.52 Å². The standard InChI is InChI=1S/C10H12N3O/c1-11-13-7-12(2)10(14)8-5-3-4-6-9(8)13/h3-7,11H,1-2H3/q+1. The molecule has 0 amide bonds. The van der Waals surface area contributed by atoms with Crippen LogP contribution in [-0.2, 0) is 7.05 Å². The molecular weight excluding hydrogens is 178 g/mol. The van der Waals surface area contributed by atoms with E-state index in [1.165, 1.54) is 0 Å². The van der Waals surface area contributed by atoms with Gasteiger partial charge in [-0.05, 0) is 12.1 Å². The van der Waals surface area contributed by atoms with Crippen molar-refractivity contribution < 1.29 is 4.68 Å². The molecule has 0 atom stereocenters. The minimum atomic E-state index is 0.0205. The molecule has 0 unspecified atom stereocenters. The second-order valence-electron chi connectivity index (χ2n) is 3.14. The molecule has 1 aromatic heterocycles. The van der Waals surface area contributed by atoms with E-state index in [1.807, 2.05) is 36.0 Å². The van der Waals surface area contributed by atoms with Crippen LogP contribution in [0.15, 0.2) is 35.4 Å². The summed E-state index contributed by atoms with van der Waals surface area (Å²) in [5.74, 6) is 0. The monoisotopic (exact) mass is 190 g/mol. The van der Waals surface area contributed by atoms with Gasteiger partial charge in [0, 0.05) is 7.05 Å². The quantitative estimate of drug-likeness (QED) is 0.643. The third kappa shape index (κ3) is 1.16. The smallest absolute Gasteiger partial charge is 0.259 e. The third-order valence-electron chi connectivity index (χ3n) is 2.24. The van der Waals surface area contributed by atoms with Gasteiger partial charge in [0.2, 0.25) is 0 Å². The summed E-state index contributed by atoms with van der Waals surface area (Å²) in [6.07, 6.45) is 1.73. The van der Waals surface area contributed by atoms with Crippen molar-refractivity contribution in [1.29, 1.82) is 0 Å². The number of nitrogens with zero attached hydrogens (tertiary/aromatic N) is 2. The number of hydrogen-bond donors (Lipinski definition) is 1. The van der Waals surface area contributed by atoms with Gasteiger partial charge in [0.1, 0.15) is 5.39 Å². The molecule has 2 rings (SSSR count). The Kier molecular flexibility index (Phi) is 1.96. The zero-order valence-corrected chi connectivity index (χ0v) is 8.19. The summed E-state index contributed by atoms with van der Waals surface area (Å²) in [5, 5.41) is 0.715. The lowest BCUT2D eigenvalue weighted by Gasteiger charge is -2.02. The Balaban J connectivity index is 2.97. The summed E-state index contributed by atoms with van der Waals surface area (Å²) in [6.45, 7) is 0. The van der Waals surface area contributed by atoms with E-state index in [2.05, 4.69) is 5.43 Å². The highest BCUT2D eigenvalue weighted by Gasteiger charge is 2.10. The number of fused-ring (bicyclic) bond motifs is 1. The lowest BCUT2D eigenvalue weighted by atomic mass is 10.2. The predicted octanol–water partition coefficient (Wildman–Crippen LogP) is -0.000700. The minimum Gasteiger partial charge on any atom is -0.259 e. The highest BCUT2D eigenvalue weighted by molar-refractivity contribution is 5.74. The molecule has 4 nitrogen and oxygen atoms in total. The van der Waals surface area contributed by atoms with Gasteiger partial charge < -0.3 is 0 Å². The van der Waals surface area contributed by atoms with Crippen LogP contribution in [0.4, 0.5) is 0 Å². The van der Waals surface area contributed by atoms with Gasteiger partial charge in [-0.2, -0.15) is 4.57 Å². The van der Waals surface area contributed by atoms with Crippen LogP contribution in [0.25, 0.3) is 10.9 Å². The maximum Gasteiger partial charge on any atom is 0.344 e. The van der Waals surface area contributed by atoms with E-state index < -0.39 is 0 Å². The summed E-state index contributed by atoms with van der Waals surface area (Å²) >= 11 is 0. The molecule has 0 bridgehead atoms. The number of aromatic nitrogens is 2. The molecule has 14 heavy (non-hydrogen) atoms. The molecule has 0 fully saturated rings. The lowest BCUT2D eigenvalue weighted by molar-refractivity contribution is -0.625. The Morgan fingerprint density at radius 3 is 2.79 bits per heavy atom. The van der Waals surface area contributed by atoms with E-state index in [9.17, 15) is 4.79 Å². The molecule has 2 aromatic rings. The van der Waals surface area contributed by atoms with Crippen LogP contribution in [0.3, 0.4) is 0 Å². The number of benzene rings is 1. The third-order valence-corrected chi connectivity index (χ3v) is 2.24. The van der Waals surface area contributed by atoms with Gasteiger partial charge in [-0.25, -0.2) is 4.79 Å². The van der Waals surface area contributed by atoms with Crippen molar-refractivity contribution in [3.63, 3.8) is 0 Å². The van der Waals surface area contributed by atoms with E-state index in [1.54, 1.807) is 17.9 Å². The Morgan fingerprint density at radius 2 is 2.07 bits per heavy atom. The SMILES string of the molecule is CN[n+]1cn(C)c(=O)c2ccccc21. The summed E-state index contributed by atoms with van der Waals surface area (Å²) in [6, 6.07) is 7.51. The molecule has 0 saturated heterocycles. The highest BCUT2D eigenvalue weighted by Crippen LogP contribution is 2.01. The van der Waals surface area contributed by atoms with Crippen LogP contribution < -0.4 is 15.7 Å². The highest BCUT2D eigenvalue weighted by atomic mass is 16.1. The number of para-hydroxylation sites is 1. The second-order valence-corrected chi connectivity index (χ2v) is 3.14. The Bertz CT molecular complexity index is 530. The topological polar surface area (TPSA) is 37.9 Å². The van der Waals surface area contributed by atoms with E-state index in [4.69, 9.17) is 0 Å². The van der Waals surface area contributed by atoms with Gasteiger partial charge in [0.25, 0.3) is 6.33 Å². The number of hydrogen-bond acceptors (Lipinski definition) is 2. The van der Waals surface area contributed by atoms with E-state index in [-0.39, 0.29) is 5.56 Å². The van der Waals surface area contributed by atoms with Crippen molar-refractivity contribution in [3.8, 4) is 0 Å². The lowest BCUT2D eigenvalue weighted by Crippen LogP contribution is -2.47. The predicted molar refractivity (Wildman–Crippen MR) is 54.7 cm³/mol. The second kappa shape index (κ2) is 3.14. The zero-order chi connectivity index (χ0) is 10.1. The van der Waals surface area contributed by atoms with Gasteiger partial charge in [-0.1, -0.05) is 12.1 Å². The molecular formula is C10H12N3O+. The molecule has 0 aliphatic rings. The maximum absolute atomic E-state index is 11.7. The summed E-state index contributed by atoms with van der Waals surface area (Å²) in [5.41, 5.74) is 3.90. The average Bonchev–Trinajstić information content (AvgIpc) is 2.23. The van der Waals surface area contributed by atoms with Crippen LogP contribution in [0.5, 0.6) is 0 Å².